The lowest BCUT2D eigenvalue weighted by Gasteiger charge is -2.34. The average molecular weight is 293 g/mol. The first-order chi connectivity index (χ1) is 10.0. The van der Waals surface area contributed by atoms with Gasteiger partial charge in [-0.2, -0.15) is 0 Å². The number of nitrogens with zero attached hydrogens (tertiary/aromatic N) is 2. The second-order valence-corrected chi connectivity index (χ2v) is 6.13. The predicted molar refractivity (Wildman–Crippen MR) is 83.4 cm³/mol. The van der Waals surface area contributed by atoms with E-state index in [9.17, 15) is 4.39 Å². The summed E-state index contributed by atoms with van der Waals surface area (Å²) in [7, 11) is 0. The minimum absolute atomic E-state index is 0.0451. The van der Waals surface area contributed by atoms with E-state index < -0.39 is 0 Å². The van der Waals surface area contributed by atoms with Crippen molar-refractivity contribution in [2.45, 2.75) is 45.6 Å². The Bertz CT molecular complexity index is 510. The van der Waals surface area contributed by atoms with Crippen LogP contribution >= 0.6 is 0 Å². The highest BCUT2D eigenvalue weighted by Gasteiger charge is 2.26. The number of amidine groups is 1. The molecule has 0 aliphatic heterocycles. The quantitative estimate of drug-likeness (QED) is 0.379. The fourth-order valence-electron chi connectivity index (χ4n) is 3.07. The summed E-state index contributed by atoms with van der Waals surface area (Å²) in [5, 5.41) is 12.0. The van der Waals surface area contributed by atoms with Crippen LogP contribution in [0.25, 0.3) is 0 Å². The molecule has 0 aromatic heterocycles. The first kappa shape index (κ1) is 15.6. The van der Waals surface area contributed by atoms with Gasteiger partial charge in [-0.3, -0.25) is 0 Å². The van der Waals surface area contributed by atoms with Crippen LogP contribution in [0.3, 0.4) is 0 Å². The predicted octanol–water partition coefficient (Wildman–Crippen LogP) is 3.33. The number of rotatable bonds is 5. The monoisotopic (exact) mass is 293 g/mol. The number of benzene rings is 1. The van der Waals surface area contributed by atoms with E-state index in [1.807, 2.05) is 0 Å². The molecule has 116 valence electrons. The number of hydrogen-bond acceptors (Lipinski definition) is 3. The largest absolute Gasteiger partial charge is 0.409 e. The van der Waals surface area contributed by atoms with Gasteiger partial charge in [0.15, 0.2) is 5.84 Å². The van der Waals surface area contributed by atoms with Crippen molar-refractivity contribution in [1.82, 2.24) is 0 Å². The molecule has 1 fully saturated rings. The SMILES string of the molecule is CC(C)CN(c1ccc(F)cc1/C(N)=N/O)C1CCCC1. The van der Waals surface area contributed by atoms with Gasteiger partial charge in [-0.05, 0) is 37.0 Å². The van der Waals surface area contributed by atoms with Gasteiger partial charge in [0.1, 0.15) is 5.82 Å². The molecule has 0 atom stereocenters. The molecule has 1 aromatic rings. The molecule has 2 rings (SSSR count). The van der Waals surface area contributed by atoms with Gasteiger partial charge >= 0.3 is 0 Å². The Labute approximate surface area is 125 Å². The van der Waals surface area contributed by atoms with Gasteiger partial charge in [0.25, 0.3) is 0 Å². The number of nitrogens with two attached hydrogens (primary N) is 1. The third-order valence-corrected chi connectivity index (χ3v) is 3.98. The van der Waals surface area contributed by atoms with Gasteiger partial charge in [0.05, 0.1) is 0 Å². The fourth-order valence-corrected chi connectivity index (χ4v) is 3.07. The molecule has 0 radical (unpaired) electrons. The van der Waals surface area contributed by atoms with Crippen LogP contribution in [-0.4, -0.2) is 23.6 Å². The minimum atomic E-state index is -0.378. The van der Waals surface area contributed by atoms with Crippen LogP contribution < -0.4 is 10.6 Å². The summed E-state index contributed by atoms with van der Waals surface area (Å²) in [6.07, 6.45) is 4.72. The molecule has 4 nitrogen and oxygen atoms in total. The zero-order valence-corrected chi connectivity index (χ0v) is 12.7. The summed E-state index contributed by atoms with van der Waals surface area (Å²) < 4.78 is 13.5. The molecule has 1 saturated carbocycles. The molecule has 1 aliphatic rings. The third-order valence-electron chi connectivity index (χ3n) is 3.98. The Kier molecular flexibility index (Phi) is 5.04. The second-order valence-electron chi connectivity index (χ2n) is 6.13. The average Bonchev–Trinajstić information content (AvgIpc) is 2.98. The molecular weight excluding hydrogens is 269 g/mol. The summed E-state index contributed by atoms with van der Waals surface area (Å²) in [4.78, 5) is 2.30. The molecule has 0 spiro atoms. The zero-order valence-electron chi connectivity index (χ0n) is 12.7. The summed E-state index contributed by atoms with van der Waals surface area (Å²) in [5.41, 5.74) is 7.05. The Hall–Kier alpha value is -1.78. The second kappa shape index (κ2) is 6.78. The van der Waals surface area contributed by atoms with Gasteiger partial charge in [-0.15, -0.1) is 0 Å². The highest BCUT2D eigenvalue weighted by Crippen LogP contribution is 2.31. The number of oxime groups is 1. The van der Waals surface area contributed by atoms with Crippen LogP contribution in [0.2, 0.25) is 0 Å². The summed E-state index contributed by atoms with van der Waals surface area (Å²) in [6.45, 7) is 5.20. The van der Waals surface area contributed by atoms with E-state index >= 15 is 0 Å². The molecule has 1 aliphatic carbocycles. The van der Waals surface area contributed by atoms with Crippen molar-refractivity contribution >= 4 is 11.5 Å². The van der Waals surface area contributed by atoms with Crippen molar-refractivity contribution in [3.05, 3.63) is 29.6 Å². The van der Waals surface area contributed by atoms with Crippen LogP contribution in [0.1, 0.15) is 45.1 Å². The van der Waals surface area contributed by atoms with E-state index in [1.54, 1.807) is 6.07 Å². The minimum Gasteiger partial charge on any atom is -0.409 e. The van der Waals surface area contributed by atoms with E-state index in [4.69, 9.17) is 10.9 Å². The van der Waals surface area contributed by atoms with Crippen molar-refractivity contribution < 1.29 is 9.60 Å². The van der Waals surface area contributed by atoms with Crippen LogP contribution in [-0.2, 0) is 0 Å². The fraction of sp³-hybridized carbons (Fsp3) is 0.562. The molecular formula is C16H24FN3O. The molecule has 0 saturated heterocycles. The maximum absolute atomic E-state index is 13.5. The standard InChI is InChI=1S/C16H24FN3O/c1-11(2)10-20(13-5-3-4-6-13)15-8-7-12(17)9-14(15)16(18)19-21/h7-9,11,13,21H,3-6,10H2,1-2H3,(H2,18,19). The maximum atomic E-state index is 13.5. The molecule has 3 N–H and O–H groups in total. The normalized spacial score (nSPS) is 16.7. The molecule has 0 unspecified atom stereocenters. The summed E-state index contributed by atoms with van der Waals surface area (Å²) >= 11 is 0. The van der Waals surface area contributed by atoms with Gasteiger partial charge in [-0.25, -0.2) is 4.39 Å². The summed E-state index contributed by atoms with van der Waals surface area (Å²) in [6, 6.07) is 4.96. The molecule has 0 bridgehead atoms. The van der Waals surface area contributed by atoms with E-state index in [1.165, 1.54) is 25.0 Å². The lowest BCUT2D eigenvalue weighted by Crippen LogP contribution is -2.37. The van der Waals surface area contributed by atoms with Gasteiger partial charge in [-0.1, -0.05) is 31.8 Å². The van der Waals surface area contributed by atoms with E-state index in [0.717, 1.165) is 25.1 Å². The molecule has 5 heteroatoms. The van der Waals surface area contributed by atoms with Crippen molar-refractivity contribution in [1.29, 1.82) is 0 Å². The van der Waals surface area contributed by atoms with Crippen LogP contribution in [0.4, 0.5) is 10.1 Å². The number of hydrogen-bond donors (Lipinski definition) is 2. The van der Waals surface area contributed by atoms with E-state index in [2.05, 4.69) is 23.9 Å². The Morgan fingerprint density at radius 3 is 2.67 bits per heavy atom. The first-order valence-corrected chi connectivity index (χ1v) is 7.57. The molecule has 21 heavy (non-hydrogen) atoms. The third kappa shape index (κ3) is 3.65. The first-order valence-electron chi connectivity index (χ1n) is 7.57. The number of halogens is 1. The maximum Gasteiger partial charge on any atom is 0.172 e. The van der Waals surface area contributed by atoms with Gasteiger partial charge in [0, 0.05) is 23.8 Å². The Morgan fingerprint density at radius 1 is 1.43 bits per heavy atom. The summed E-state index contributed by atoms with van der Waals surface area (Å²) in [5.74, 6) is 0.0586. The van der Waals surface area contributed by atoms with Crippen molar-refractivity contribution in [2.24, 2.45) is 16.8 Å². The van der Waals surface area contributed by atoms with Crippen LogP contribution in [0, 0.1) is 11.7 Å². The smallest absolute Gasteiger partial charge is 0.172 e. The van der Waals surface area contributed by atoms with Crippen molar-refractivity contribution in [2.75, 3.05) is 11.4 Å². The highest BCUT2D eigenvalue weighted by atomic mass is 19.1. The molecule has 0 amide bonds. The Morgan fingerprint density at radius 2 is 2.10 bits per heavy atom. The topological polar surface area (TPSA) is 61.8 Å². The molecule has 0 heterocycles. The van der Waals surface area contributed by atoms with E-state index in [0.29, 0.717) is 17.5 Å². The highest BCUT2D eigenvalue weighted by molar-refractivity contribution is 6.02. The lowest BCUT2D eigenvalue weighted by molar-refractivity contribution is 0.318. The van der Waals surface area contributed by atoms with Gasteiger partial charge < -0.3 is 15.8 Å². The molecule has 1 aromatic carbocycles. The van der Waals surface area contributed by atoms with Crippen LogP contribution in [0.5, 0.6) is 0 Å². The Balaban J connectivity index is 2.43. The van der Waals surface area contributed by atoms with E-state index in [-0.39, 0.29) is 11.7 Å². The number of anilines is 1. The zero-order chi connectivity index (χ0) is 15.4. The van der Waals surface area contributed by atoms with Crippen LogP contribution in [0.15, 0.2) is 23.4 Å². The lowest BCUT2D eigenvalue weighted by atomic mass is 10.0. The van der Waals surface area contributed by atoms with Crippen molar-refractivity contribution in [3.63, 3.8) is 0 Å². The van der Waals surface area contributed by atoms with Crippen molar-refractivity contribution in [3.8, 4) is 0 Å². The van der Waals surface area contributed by atoms with Gasteiger partial charge in [0.2, 0.25) is 0 Å².